The van der Waals surface area contributed by atoms with Gasteiger partial charge in [-0.1, -0.05) is 26.0 Å². The number of sulfonamides is 1. The van der Waals surface area contributed by atoms with E-state index in [4.69, 9.17) is 0 Å². The molecule has 0 aromatic heterocycles. The van der Waals surface area contributed by atoms with Gasteiger partial charge in [0.05, 0.1) is 17.4 Å². The number of nitrogens with one attached hydrogen (secondary N) is 1. The minimum absolute atomic E-state index is 0.213. The van der Waals surface area contributed by atoms with Crippen LogP contribution in [-0.4, -0.2) is 43.3 Å². The molecule has 118 valence electrons. The lowest BCUT2D eigenvalue weighted by Crippen LogP contribution is -2.53. The van der Waals surface area contributed by atoms with Crippen LogP contribution in [0.1, 0.15) is 34.6 Å². The van der Waals surface area contributed by atoms with Crippen molar-refractivity contribution in [2.24, 2.45) is 5.92 Å². The van der Waals surface area contributed by atoms with Gasteiger partial charge in [-0.05, 0) is 18.1 Å². The predicted octanol–water partition coefficient (Wildman–Crippen LogP) is 0.383. The van der Waals surface area contributed by atoms with Gasteiger partial charge in [0.25, 0.3) is 17.7 Å². The van der Waals surface area contributed by atoms with Crippen LogP contribution in [0.15, 0.2) is 24.3 Å². The SMILES string of the molecule is CC(C)C(C(=O)NS(C)(=O)=O)N1C(=O)c2ccccc2C1=O. The van der Waals surface area contributed by atoms with Crippen LogP contribution in [0.25, 0.3) is 0 Å². The second-order valence-electron chi connectivity index (χ2n) is 5.45. The molecule has 0 aliphatic carbocycles. The Labute approximate surface area is 128 Å². The van der Waals surface area contributed by atoms with Crippen LogP contribution in [0.5, 0.6) is 0 Å². The van der Waals surface area contributed by atoms with E-state index >= 15 is 0 Å². The van der Waals surface area contributed by atoms with Gasteiger partial charge in [0.15, 0.2) is 0 Å². The summed E-state index contributed by atoms with van der Waals surface area (Å²) in [4.78, 5) is 37.8. The summed E-state index contributed by atoms with van der Waals surface area (Å²) in [5, 5.41) is 0. The summed E-state index contributed by atoms with van der Waals surface area (Å²) in [7, 11) is -3.78. The van der Waals surface area contributed by atoms with Gasteiger partial charge >= 0.3 is 0 Å². The van der Waals surface area contributed by atoms with Crippen molar-refractivity contribution in [3.8, 4) is 0 Å². The zero-order valence-electron chi connectivity index (χ0n) is 12.4. The molecular formula is C14H16N2O5S. The third-order valence-electron chi connectivity index (χ3n) is 3.29. The number of carbonyl (C=O) groups excluding carboxylic acids is 3. The van der Waals surface area contributed by atoms with Gasteiger partial charge in [0, 0.05) is 0 Å². The molecule has 1 unspecified atom stereocenters. The molecule has 22 heavy (non-hydrogen) atoms. The number of fused-ring (bicyclic) bond motifs is 1. The fraction of sp³-hybridized carbons (Fsp3) is 0.357. The van der Waals surface area contributed by atoms with E-state index in [0.29, 0.717) is 0 Å². The van der Waals surface area contributed by atoms with E-state index in [0.717, 1.165) is 11.2 Å². The highest BCUT2D eigenvalue weighted by Crippen LogP contribution is 2.27. The van der Waals surface area contributed by atoms with Crippen molar-refractivity contribution in [1.82, 2.24) is 9.62 Å². The van der Waals surface area contributed by atoms with E-state index in [-0.39, 0.29) is 11.1 Å². The van der Waals surface area contributed by atoms with Crippen molar-refractivity contribution in [2.75, 3.05) is 6.26 Å². The number of carbonyl (C=O) groups is 3. The molecule has 2 rings (SSSR count). The minimum atomic E-state index is -3.78. The minimum Gasteiger partial charge on any atom is -0.272 e. The lowest BCUT2D eigenvalue weighted by molar-refractivity contribution is -0.124. The Balaban J connectivity index is 2.42. The van der Waals surface area contributed by atoms with Crippen molar-refractivity contribution in [1.29, 1.82) is 0 Å². The summed E-state index contributed by atoms with van der Waals surface area (Å²) < 4.78 is 24.3. The van der Waals surface area contributed by atoms with Crippen LogP contribution in [0.4, 0.5) is 0 Å². The van der Waals surface area contributed by atoms with E-state index < -0.39 is 39.7 Å². The monoisotopic (exact) mass is 324 g/mol. The quantitative estimate of drug-likeness (QED) is 0.807. The highest BCUT2D eigenvalue weighted by molar-refractivity contribution is 7.89. The Morgan fingerprint density at radius 3 is 1.91 bits per heavy atom. The fourth-order valence-electron chi connectivity index (χ4n) is 2.42. The summed E-state index contributed by atoms with van der Waals surface area (Å²) in [6.45, 7) is 3.27. The molecule has 1 aromatic rings. The summed E-state index contributed by atoms with van der Waals surface area (Å²) >= 11 is 0. The lowest BCUT2D eigenvalue weighted by Gasteiger charge is -2.27. The highest BCUT2D eigenvalue weighted by atomic mass is 32.2. The summed E-state index contributed by atoms with van der Waals surface area (Å²) in [6, 6.07) is 5.05. The number of imide groups is 1. The van der Waals surface area contributed by atoms with Crippen molar-refractivity contribution in [3.05, 3.63) is 35.4 Å². The van der Waals surface area contributed by atoms with Gasteiger partial charge in [0.1, 0.15) is 6.04 Å². The first kappa shape index (κ1) is 16.2. The van der Waals surface area contributed by atoms with Gasteiger partial charge < -0.3 is 0 Å². The number of hydrogen-bond acceptors (Lipinski definition) is 5. The standard InChI is InChI=1S/C14H16N2O5S/c1-8(2)11(12(17)15-22(3,20)21)16-13(18)9-6-4-5-7-10(9)14(16)19/h4-8,11H,1-3H3,(H,15,17). The van der Waals surface area contributed by atoms with E-state index in [2.05, 4.69) is 0 Å². The molecule has 1 heterocycles. The Hall–Kier alpha value is -2.22. The molecule has 1 aliphatic rings. The van der Waals surface area contributed by atoms with Crippen molar-refractivity contribution >= 4 is 27.7 Å². The maximum atomic E-state index is 12.4. The van der Waals surface area contributed by atoms with Gasteiger partial charge in [-0.3, -0.25) is 24.0 Å². The molecule has 0 fully saturated rings. The van der Waals surface area contributed by atoms with E-state index in [1.807, 2.05) is 4.72 Å². The maximum Gasteiger partial charge on any atom is 0.262 e. The summed E-state index contributed by atoms with van der Waals surface area (Å²) in [5.41, 5.74) is 0.426. The molecule has 8 heteroatoms. The Kier molecular flexibility index (Phi) is 4.06. The molecule has 0 radical (unpaired) electrons. The number of nitrogens with zero attached hydrogens (tertiary/aromatic N) is 1. The fourth-order valence-corrected chi connectivity index (χ4v) is 2.91. The topological polar surface area (TPSA) is 101 Å². The van der Waals surface area contributed by atoms with Gasteiger partial charge in [-0.25, -0.2) is 8.42 Å². The summed E-state index contributed by atoms with van der Waals surface area (Å²) in [6.07, 6.45) is 0.838. The zero-order chi connectivity index (χ0) is 16.7. The molecule has 0 bridgehead atoms. The molecule has 1 N–H and O–H groups in total. The average Bonchev–Trinajstić information content (AvgIpc) is 2.62. The van der Waals surface area contributed by atoms with Crippen LogP contribution in [0.2, 0.25) is 0 Å². The number of benzene rings is 1. The average molecular weight is 324 g/mol. The largest absolute Gasteiger partial charge is 0.272 e. The van der Waals surface area contributed by atoms with Crippen molar-refractivity contribution in [3.63, 3.8) is 0 Å². The molecule has 3 amide bonds. The number of amides is 3. The van der Waals surface area contributed by atoms with Crippen LogP contribution >= 0.6 is 0 Å². The first-order valence-electron chi connectivity index (χ1n) is 6.62. The van der Waals surface area contributed by atoms with Crippen molar-refractivity contribution < 1.29 is 22.8 Å². The zero-order valence-corrected chi connectivity index (χ0v) is 13.2. The smallest absolute Gasteiger partial charge is 0.262 e. The molecule has 0 saturated heterocycles. The number of hydrogen-bond donors (Lipinski definition) is 1. The first-order valence-corrected chi connectivity index (χ1v) is 8.51. The molecule has 1 atom stereocenters. The highest BCUT2D eigenvalue weighted by Gasteiger charge is 2.44. The Morgan fingerprint density at radius 1 is 1.09 bits per heavy atom. The van der Waals surface area contributed by atoms with Gasteiger partial charge in [-0.15, -0.1) is 0 Å². The van der Waals surface area contributed by atoms with E-state index in [9.17, 15) is 22.8 Å². The van der Waals surface area contributed by atoms with Crippen LogP contribution in [-0.2, 0) is 14.8 Å². The van der Waals surface area contributed by atoms with E-state index in [1.165, 1.54) is 12.1 Å². The molecule has 0 saturated carbocycles. The van der Waals surface area contributed by atoms with E-state index in [1.54, 1.807) is 26.0 Å². The van der Waals surface area contributed by atoms with Crippen LogP contribution in [0.3, 0.4) is 0 Å². The Bertz CT molecular complexity index is 719. The van der Waals surface area contributed by atoms with Crippen molar-refractivity contribution in [2.45, 2.75) is 19.9 Å². The normalized spacial score (nSPS) is 15.9. The molecular weight excluding hydrogens is 308 g/mol. The number of rotatable bonds is 4. The predicted molar refractivity (Wildman–Crippen MR) is 78.6 cm³/mol. The molecule has 0 spiro atoms. The summed E-state index contributed by atoms with van der Waals surface area (Å²) in [5.74, 6) is -2.53. The third-order valence-corrected chi connectivity index (χ3v) is 3.86. The second kappa shape index (κ2) is 5.53. The third kappa shape index (κ3) is 2.87. The first-order chi connectivity index (χ1) is 10.1. The molecule has 1 aliphatic heterocycles. The lowest BCUT2D eigenvalue weighted by atomic mass is 10.0. The Morgan fingerprint density at radius 2 is 1.55 bits per heavy atom. The second-order valence-corrected chi connectivity index (χ2v) is 7.20. The van der Waals surface area contributed by atoms with Crippen LogP contribution in [0, 0.1) is 5.92 Å². The van der Waals surface area contributed by atoms with Gasteiger partial charge in [0.2, 0.25) is 10.0 Å². The maximum absolute atomic E-state index is 12.4. The van der Waals surface area contributed by atoms with Crippen LogP contribution < -0.4 is 4.72 Å². The molecule has 7 nitrogen and oxygen atoms in total. The molecule has 1 aromatic carbocycles. The van der Waals surface area contributed by atoms with Gasteiger partial charge in [-0.2, -0.15) is 0 Å².